The number of rotatable bonds is 5. The van der Waals surface area contributed by atoms with Gasteiger partial charge < -0.3 is 5.32 Å². The van der Waals surface area contributed by atoms with E-state index in [1.807, 2.05) is 11.7 Å². The summed E-state index contributed by atoms with van der Waals surface area (Å²) in [5.74, 6) is 3.13. The summed E-state index contributed by atoms with van der Waals surface area (Å²) in [5.41, 5.74) is 2.35. The lowest BCUT2D eigenvalue weighted by atomic mass is 9.69. The van der Waals surface area contributed by atoms with Crippen molar-refractivity contribution in [2.24, 2.45) is 30.7 Å². The zero-order chi connectivity index (χ0) is 15.6. The largest absolute Gasteiger partial charge is 0.319 e. The van der Waals surface area contributed by atoms with Crippen LogP contribution in [0.3, 0.4) is 0 Å². The van der Waals surface area contributed by atoms with Crippen molar-refractivity contribution >= 4 is 11.6 Å². The third-order valence-corrected chi connectivity index (χ3v) is 5.80. The molecule has 1 aromatic rings. The Kier molecular flexibility index (Phi) is 5.73. The number of halogens is 1. The number of hydrogen-bond donors (Lipinski definition) is 1. The molecule has 3 nitrogen and oxygen atoms in total. The molecule has 3 unspecified atom stereocenters. The Morgan fingerprint density at radius 2 is 2.05 bits per heavy atom. The first-order valence-corrected chi connectivity index (χ1v) is 8.64. The maximum absolute atomic E-state index is 6.44. The lowest BCUT2D eigenvalue weighted by molar-refractivity contribution is 0.146. The minimum atomic E-state index is 0.721. The summed E-state index contributed by atoms with van der Waals surface area (Å²) >= 11 is 6.44. The van der Waals surface area contributed by atoms with E-state index in [0.717, 1.165) is 47.5 Å². The highest BCUT2D eigenvalue weighted by molar-refractivity contribution is 6.30. The Balaban J connectivity index is 2.15. The molecule has 2 rings (SSSR count). The summed E-state index contributed by atoms with van der Waals surface area (Å²) in [6, 6.07) is 0. The van der Waals surface area contributed by atoms with Crippen molar-refractivity contribution in [2.75, 3.05) is 13.6 Å². The van der Waals surface area contributed by atoms with Gasteiger partial charge in [-0.25, -0.2) is 0 Å². The van der Waals surface area contributed by atoms with E-state index in [4.69, 9.17) is 11.6 Å². The average molecular weight is 312 g/mol. The second kappa shape index (κ2) is 7.15. The SMILES string of the molecule is CNCC1CCC(C(C)C)CC1Cc1c(C)nn(C)c1Cl. The Bertz CT molecular complexity index is 467. The number of nitrogens with one attached hydrogen (secondary N) is 1. The molecule has 0 saturated heterocycles. The minimum absolute atomic E-state index is 0.721. The summed E-state index contributed by atoms with van der Waals surface area (Å²) in [7, 11) is 4.00. The van der Waals surface area contributed by atoms with Gasteiger partial charge >= 0.3 is 0 Å². The molecule has 0 amide bonds. The van der Waals surface area contributed by atoms with E-state index in [1.54, 1.807) is 0 Å². The zero-order valence-corrected chi connectivity index (χ0v) is 14.9. The molecule has 1 fully saturated rings. The zero-order valence-electron chi connectivity index (χ0n) is 14.1. The van der Waals surface area contributed by atoms with Crippen LogP contribution < -0.4 is 5.32 Å². The first-order valence-electron chi connectivity index (χ1n) is 8.26. The maximum Gasteiger partial charge on any atom is 0.130 e. The number of aryl methyl sites for hydroxylation is 2. The average Bonchev–Trinajstić information content (AvgIpc) is 2.67. The molecule has 1 heterocycles. The molecule has 1 aliphatic rings. The van der Waals surface area contributed by atoms with Gasteiger partial charge in [-0.15, -0.1) is 0 Å². The molecule has 4 heteroatoms. The fourth-order valence-electron chi connectivity index (χ4n) is 3.92. The fourth-order valence-corrected chi connectivity index (χ4v) is 4.17. The third kappa shape index (κ3) is 3.81. The first-order chi connectivity index (χ1) is 9.93. The van der Waals surface area contributed by atoms with Gasteiger partial charge in [0.05, 0.1) is 5.69 Å². The van der Waals surface area contributed by atoms with Gasteiger partial charge in [0.2, 0.25) is 0 Å². The Hall–Kier alpha value is -0.540. The molecule has 1 N–H and O–H groups in total. The van der Waals surface area contributed by atoms with Gasteiger partial charge in [0.15, 0.2) is 0 Å². The van der Waals surface area contributed by atoms with Gasteiger partial charge in [-0.2, -0.15) is 5.10 Å². The van der Waals surface area contributed by atoms with E-state index >= 15 is 0 Å². The van der Waals surface area contributed by atoms with Crippen LogP contribution in [0, 0.1) is 30.6 Å². The van der Waals surface area contributed by atoms with E-state index in [9.17, 15) is 0 Å². The monoisotopic (exact) mass is 311 g/mol. The number of hydrogen-bond acceptors (Lipinski definition) is 2. The van der Waals surface area contributed by atoms with E-state index in [1.165, 1.54) is 24.8 Å². The normalized spacial score (nSPS) is 26.5. The van der Waals surface area contributed by atoms with Crippen LogP contribution in [0.5, 0.6) is 0 Å². The number of nitrogens with zero attached hydrogens (tertiary/aromatic N) is 2. The Labute approximate surface area is 134 Å². The molecule has 0 aliphatic heterocycles. The van der Waals surface area contributed by atoms with Crippen LogP contribution in [0.15, 0.2) is 0 Å². The van der Waals surface area contributed by atoms with Crippen molar-refractivity contribution in [1.82, 2.24) is 15.1 Å². The van der Waals surface area contributed by atoms with Crippen LogP contribution >= 0.6 is 11.6 Å². The molecule has 0 spiro atoms. The van der Waals surface area contributed by atoms with E-state index in [0.29, 0.717) is 0 Å². The molecule has 0 radical (unpaired) electrons. The van der Waals surface area contributed by atoms with Gasteiger partial charge in [0.25, 0.3) is 0 Å². The van der Waals surface area contributed by atoms with Crippen LogP contribution in [0.25, 0.3) is 0 Å². The van der Waals surface area contributed by atoms with Crippen molar-refractivity contribution in [3.63, 3.8) is 0 Å². The van der Waals surface area contributed by atoms with Crippen LogP contribution in [0.2, 0.25) is 5.15 Å². The topological polar surface area (TPSA) is 29.9 Å². The van der Waals surface area contributed by atoms with Gasteiger partial charge in [0, 0.05) is 12.6 Å². The second-order valence-corrected chi connectivity index (χ2v) is 7.44. The molecule has 1 aromatic heterocycles. The molecule has 0 bridgehead atoms. The van der Waals surface area contributed by atoms with Crippen LogP contribution in [-0.2, 0) is 13.5 Å². The van der Waals surface area contributed by atoms with Crippen LogP contribution in [0.1, 0.15) is 44.4 Å². The third-order valence-electron chi connectivity index (χ3n) is 5.33. The van der Waals surface area contributed by atoms with E-state index in [2.05, 4.69) is 38.2 Å². The molecular formula is C17H30ClN3. The molecule has 0 aromatic carbocycles. The molecule has 120 valence electrons. The van der Waals surface area contributed by atoms with Crippen molar-refractivity contribution in [1.29, 1.82) is 0 Å². The molecule has 1 saturated carbocycles. The maximum atomic E-state index is 6.44. The lowest BCUT2D eigenvalue weighted by Crippen LogP contribution is -2.34. The summed E-state index contributed by atoms with van der Waals surface area (Å²) in [4.78, 5) is 0. The van der Waals surface area contributed by atoms with Crippen LogP contribution in [0.4, 0.5) is 0 Å². The standard InChI is InChI=1S/C17H30ClN3/c1-11(2)13-6-7-14(10-19-4)15(8-13)9-16-12(3)20-21(5)17(16)18/h11,13-15,19H,6-10H2,1-5H3. The quantitative estimate of drug-likeness (QED) is 0.895. The molecular weight excluding hydrogens is 282 g/mol. The highest BCUT2D eigenvalue weighted by Crippen LogP contribution is 2.40. The van der Waals surface area contributed by atoms with Crippen molar-refractivity contribution < 1.29 is 0 Å². The predicted molar refractivity (Wildman–Crippen MR) is 89.7 cm³/mol. The van der Waals surface area contributed by atoms with Crippen molar-refractivity contribution in [3.05, 3.63) is 16.4 Å². The Morgan fingerprint density at radius 3 is 2.57 bits per heavy atom. The predicted octanol–water partition coefficient (Wildman–Crippen LogP) is 3.83. The molecule has 3 atom stereocenters. The molecule has 21 heavy (non-hydrogen) atoms. The number of aromatic nitrogens is 2. The van der Waals surface area contributed by atoms with Crippen molar-refractivity contribution in [2.45, 2.75) is 46.5 Å². The summed E-state index contributed by atoms with van der Waals surface area (Å²) < 4.78 is 1.81. The van der Waals surface area contributed by atoms with Gasteiger partial charge in [0.1, 0.15) is 5.15 Å². The highest BCUT2D eigenvalue weighted by Gasteiger charge is 2.32. The van der Waals surface area contributed by atoms with Gasteiger partial charge in [-0.1, -0.05) is 25.4 Å². The summed E-state index contributed by atoms with van der Waals surface area (Å²) in [6.45, 7) is 7.92. The fraction of sp³-hybridized carbons (Fsp3) is 0.824. The smallest absolute Gasteiger partial charge is 0.130 e. The summed E-state index contributed by atoms with van der Waals surface area (Å²) in [6.07, 6.45) is 5.12. The summed E-state index contributed by atoms with van der Waals surface area (Å²) in [5, 5.41) is 8.67. The van der Waals surface area contributed by atoms with Crippen LogP contribution in [-0.4, -0.2) is 23.4 Å². The van der Waals surface area contributed by atoms with E-state index in [-0.39, 0.29) is 0 Å². The second-order valence-electron chi connectivity index (χ2n) is 7.08. The lowest BCUT2D eigenvalue weighted by Gasteiger charge is -2.38. The van der Waals surface area contributed by atoms with Crippen molar-refractivity contribution in [3.8, 4) is 0 Å². The first kappa shape index (κ1) is 16.8. The van der Waals surface area contributed by atoms with E-state index < -0.39 is 0 Å². The van der Waals surface area contributed by atoms with Gasteiger partial charge in [-0.3, -0.25) is 4.68 Å². The highest BCUT2D eigenvalue weighted by atomic mass is 35.5. The Morgan fingerprint density at radius 1 is 1.33 bits per heavy atom. The molecule has 1 aliphatic carbocycles. The van der Waals surface area contributed by atoms with Gasteiger partial charge in [-0.05, 0) is 69.9 Å². The minimum Gasteiger partial charge on any atom is -0.319 e.